The topological polar surface area (TPSA) is 57.5 Å². The fraction of sp³-hybridized carbons (Fsp3) is 0.571. The highest BCUT2D eigenvalue weighted by Crippen LogP contribution is 2.28. The van der Waals surface area contributed by atoms with Crippen LogP contribution in [0, 0.1) is 0 Å². The van der Waals surface area contributed by atoms with Crippen LogP contribution in [0.4, 0.5) is 0 Å². The lowest BCUT2D eigenvalue weighted by molar-refractivity contribution is 0.0519. The molecule has 0 N–H and O–H groups in total. The molecule has 0 spiro atoms. The molecular weight excluding hydrogens is 246 g/mol. The third kappa shape index (κ3) is 2.87. The predicted octanol–water partition coefficient (Wildman–Crippen LogP) is 1.76. The summed E-state index contributed by atoms with van der Waals surface area (Å²) < 4.78 is 11.6. The van der Waals surface area contributed by atoms with E-state index in [-0.39, 0.29) is 23.3 Å². The maximum Gasteiger partial charge on any atom is 0.343 e. The van der Waals surface area contributed by atoms with Gasteiger partial charge in [0.2, 0.25) is 0 Å². The van der Waals surface area contributed by atoms with Gasteiger partial charge in [0.15, 0.2) is 0 Å². The zero-order valence-corrected chi connectivity index (χ0v) is 11.3. The van der Waals surface area contributed by atoms with E-state index < -0.39 is 5.97 Å². The molecule has 1 aromatic heterocycles. The van der Waals surface area contributed by atoms with Gasteiger partial charge >= 0.3 is 5.97 Å². The Hall–Kier alpha value is -1.62. The average Bonchev–Trinajstić information content (AvgIpc) is 2.46. The first-order valence-electron chi connectivity index (χ1n) is 6.49. The monoisotopic (exact) mass is 265 g/mol. The molecule has 2 atom stereocenters. The molecule has 5 nitrogen and oxygen atoms in total. The number of hydrogen-bond donors (Lipinski definition) is 0. The molecule has 1 aliphatic carbocycles. The van der Waals surface area contributed by atoms with Crippen molar-refractivity contribution >= 4 is 5.97 Å². The van der Waals surface area contributed by atoms with Gasteiger partial charge in [-0.05, 0) is 37.8 Å². The molecule has 0 amide bonds. The highest BCUT2D eigenvalue weighted by atomic mass is 16.5. The Kier molecular flexibility index (Phi) is 4.37. The van der Waals surface area contributed by atoms with Crippen molar-refractivity contribution in [3.05, 3.63) is 34.2 Å². The molecule has 0 saturated heterocycles. The van der Waals surface area contributed by atoms with E-state index in [0.717, 1.165) is 25.7 Å². The molecule has 1 saturated carbocycles. The molecule has 1 aliphatic rings. The van der Waals surface area contributed by atoms with Crippen molar-refractivity contribution in [3.8, 4) is 0 Å². The highest BCUT2D eigenvalue weighted by molar-refractivity contribution is 5.88. The van der Waals surface area contributed by atoms with E-state index in [1.807, 2.05) is 0 Å². The number of methoxy groups -OCH3 is 2. The average molecular weight is 265 g/mol. The second-order valence-corrected chi connectivity index (χ2v) is 4.80. The number of rotatable bonds is 3. The van der Waals surface area contributed by atoms with Gasteiger partial charge in [0, 0.05) is 19.3 Å². The lowest BCUT2D eigenvalue weighted by Gasteiger charge is -2.29. The summed E-state index contributed by atoms with van der Waals surface area (Å²) in [6.45, 7) is 0. The number of hydrogen-bond acceptors (Lipinski definition) is 4. The Labute approximate surface area is 112 Å². The smallest absolute Gasteiger partial charge is 0.343 e. The van der Waals surface area contributed by atoms with Crippen molar-refractivity contribution in [2.24, 2.45) is 0 Å². The molecule has 0 bridgehead atoms. The summed E-state index contributed by atoms with van der Waals surface area (Å²) >= 11 is 0. The molecule has 0 radical (unpaired) electrons. The van der Waals surface area contributed by atoms with Crippen LogP contribution in [-0.2, 0) is 9.47 Å². The zero-order valence-electron chi connectivity index (χ0n) is 11.3. The highest BCUT2D eigenvalue weighted by Gasteiger charge is 2.24. The molecule has 1 aromatic rings. The van der Waals surface area contributed by atoms with E-state index in [9.17, 15) is 9.59 Å². The first-order chi connectivity index (χ1) is 9.17. The lowest BCUT2D eigenvalue weighted by Crippen LogP contribution is -2.33. The SMILES string of the molecule is COC(=O)c1cccn([C@H]2CCC[C@@H](OC)C2)c1=O. The van der Waals surface area contributed by atoms with Crippen LogP contribution in [-0.4, -0.2) is 30.9 Å². The van der Waals surface area contributed by atoms with Gasteiger partial charge in [-0.25, -0.2) is 4.79 Å². The van der Waals surface area contributed by atoms with E-state index in [4.69, 9.17) is 4.74 Å². The minimum atomic E-state index is -0.585. The van der Waals surface area contributed by atoms with Crippen molar-refractivity contribution in [1.82, 2.24) is 4.57 Å². The van der Waals surface area contributed by atoms with Crippen LogP contribution in [0.15, 0.2) is 23.1 Å². The van der Waals surface area contributed by atoms with E-state index in [2.05, 4.69) is 4.74 Å². The minimum Gasteiger partial charge on any atom is -0.465 e. The van der Waals surface area contributed by atoms with Gasteiger partial charge in [-0.1, -0.05) is 0 Å². The summed E-state index contributed by atoms with van der Waals surface area (Å²) in [4.78, 5) is 23.8. The van der Waals surface area contributed by atoms with Crippen molar-refractivity contribution in [1.29, 1.82) is 0 Å². The van der Waals surface area contributed by atoms with Crippen LogP contribution in [0.25, 0.3) is 0 Å². The number of pyridine rings is 1. The number of nitrogens with zero attached hydrogens (tertiary/aromatic N) is 1. The summed E-state index contributed by atoms with van der Waals surface area (Å²) in [5.41, 5.74) is -0.194. The molecule has 0 aromatic carbocycles. The summed E-state index contributed by atoms with van der Waals surface area (Å²) in [6.07, 6.45) is 5.71. The number of carbonyl (C=O) groups excluding carboxylic acids is 1. The maximum absolute atomic E-state index is 12.3. The Morgan fingerprint density at radius 2 is 2.16 bits per heavy atom. The van der Waals surface area contributed by atoms with E-state index >= 15 is 0 Å². The molecule has 19 heavy (non-hydrogen) atoms. The number of ether oxygens (including phenoxy) is 2. The number of aromatic nitrogens is 1. The summed E-state index contributed by atoms with van der Waals surface area (Å²) in [7, 11) is 2.97. The minimum absolute atomic E-state index is 0.0875. The van der Waals surface area contributed by atoms with Gasteiger partial charge < -0.3 is 14.0 Å². The third-order valence-corrected chi connectivity index (χ3v) is 3.70. The maximum atomic E-state index is 12.3. The third-order valence-electron chi connectivity index (χ3n) is 3.70. The molecule has 1 fully saturated rings. The Bertz CT molecular complexity index is 508. The van der Waals surface area contributed by atoms with Crippen LogP contribution >= 0.6 is 0 Å². The van der Waals surface area contributed by atoms with Crippen molar-refractivity contribution in [2.75, 3.05) is 14.2 Å². The van der Waals surface area contributed by atoms with Crippen LogP contribution in [0.1, 0.15) is 42.1 Å². The van der Waals surface area contributed by atoms with Crippen LogP contribution in [0.2, 0.25) is 0 Å². The van der Waals surface area contributed by atoms with Gasteiger partial charge in [0.25, 0.3) is 5.56 Å². The normalized spacial score (nSPS) is 23.1. The Morgan fingerprint density at radius 3 is 2.84 bits per heavy atom. The predicted molar refractivity (Wildman–Crippen MR) is 70.3 cm³/mol. The lowest BCUT2D eigenvalue weighted by atomic mass is 9.92. The van der Waals surface area contributed by atoms with Crippen LogP contribution in [0.5, 0.6) is 0 Å². The van der Waals surface area contributed by atoms with Gasteiger partial charge in [0.05, 0.1) is 13.2 Å². The summed E-state index contributed by atoms with van der Waals surface area (Å²) in [5.74, 6) is -0.585. The first-order valence-corrected chi connectivity index (χ1v) is 6.49. The fourth-order valence-electron chi connectivity index (χ4n) is 2.65. The molecule has 5 heteroatoms. The van der Waals surface area contributed by atoms with Gasteiger partial charge in [0.1, 0.15) is 5.56 Å². The van der Waals surface area contributed by atoms with E-state index in [0.29, 0.717) is 0 Å². The summed E-state index contributed by atoms with van der Waals surface area (Å²) in [6, 6.07) is 3.31. The number of esters is 1. The molecule has 0 unspecified atom stereocenters. The first kappa shape index (κ1) is 13.8. The molecule has 1 heterocycles. The molecule has 104 valence electrons. The van der Waals surface area contributed by atoms with Crippen molar-refractivity contribution in [2.45, 2.75) is 37.8 Å². The van der Waals surface area contributed by atoms with Gasteiger partial charge in [-0.3, -0.25) is 4.79 Å². The Balaban J connectivity index is 2.30. The van der Waals surface area contributed by atoms with Crippen molar-refractivity contribution in [3.63, 3.8) is 0 Å². The molecule has 0 aliphatic heterocycles. The Morgan fingerprint density at radius 1 is 1.37 bits per heavy atom. The van der Waals surface area contributed by atoms with Crippen LogP contribution in [0.3, 0.4) is 0 Å². The van der Waals surface area contributed by atoms with Gasteiger partial charge in [-0.2, -0.15) is 0 Å². The largest absolute Gasteiger partial charge is 0.465 e. The number of carbonyl (C=O) groups is 1. The second kappa shape index (κ2) is 6.02. The van der Waals surface area contributed by atoms with Crippen LogP contribution < -0.4 is 5.56 Å². The second-order valence-electron chi connectivity index (χ2n) is 4.80. The molecular formula is C14H19NO4. The quantitative estimate of drug-likeness (QED) is 0.781. The standard InChI is InChI=1S/C14H19NO4/c1-18-11-6-3-5-10(9-11)15-8-4-7-12(13(15)16)14(17)19-2/h4,7-8,10-11H,3,5-6,9H2,1-2H3/t10-,11+/m0/s1. The summed E-state index contributed by atoms with van der Waals surface area (Å²) in [5, 5.41) is 0. The van der Waals surface area contributed by atoms with E-state index in [1.165, 1.54) is 13.2 Å². The molecule has 2 rings (SSSR count). The zero-order chi connectivity index (χ0) is 13.8. The van der Waals surface area contributed by atoms with Gasteiger partial charge in [-0.15, -0.1) is 0 Å². The van der Waals surface area contributed by atoms with Crippen molar-refractivity contribution < 1.29 is 14.3 Å². The fourth-order valence-corrected chi connectivity index (χ4v) is 2.65. The van der Waals surface area contributed by atoms with E-state index in [1.54, 1.807) is 23.9 Å².